The maximum atomic E-state index is 6.09. The predicted octanol–water partition coefficient (Wildman–Crippen LogP) is 3.07. The summed E-state index contributed by atoms with van der Waals surface area (Å²) in [7, 11) is 1.87. The Labute approximate surface area is 188 Å². The van der Waals surface area contributed by atoms with Crippen LogP contribution in [0.15, 0.2) is 52.2 Å². The number of ether oxygens (including phenoxy) is 1. The average molecular weight is 512 g/mol. The van der Waals surface area contributed by atoms with Crippen LogP contribution in [0, 0.1) is 0 Å². The molecule has 0 saturated carbocycles. The first kappa shape index (κ1) is 21.5. The topological polar surface area (TPSA) is 40.1 Å². The third kappa shape index (κ3) is 5.25. The SMILES string of the molecule is CN=C(NCCc1ccsc1)N1CC2OCCN(Cc3ccccc3)C2C1.I. The highest BCUT2D eigenvalue weighted by Crippen LogP contribution is 2.24. The number of nitrogens with zero attached hydrogens (tertiary/aromatic N) is 3. The van der Waals surface area contributed by atoms with E-state index in [-0.39, 0.29) is 30.1 Å². The summed E-state index contributed by atoms with van der Waals surface area (Å²) in [6.07, 6.45) is 1.29. The van der Waals surface area contributed by atoms with Gasteiger partial charge in [-0.3, -0.25) is 9.89 Å². The number of hydrogen-bond acceptors (Lipinski definition) is 4. The summed E-state index contributed by atoms with van der Waals surface area (Å²) in [5.41, 5.74) is 2.75. The molecule has 0 aliphatic carbocycles. The molecule has 4 rings (SSSR count). The Balaban J connectivity index is 0.00000225. The molecule has 1 aromatic carbocycles. The number of thiophene rings is 1. The first-order valence-electron chi connectivity index (χ1n) is 9.70. The van der Waals surface area contributed by atoms with Gasteiger partial charge in [0, 0.05) is 39.8 Å². The second-order valence-corrected chi connectivity index (χ2v) is 7.97. The molecule has 2 unspecified atom stereocenters. The van der Waals surface area contributed by atoms with Crippen LogP contribution in [0.4, 0.5) is 0 Å². The fourth-order valence-corrected chi connectivity index (χ4v) is 4.73. The maximum Gasteiger partial charge on any atom is 0.193 e. The maximum absolute atomic E-state index is 6.09. The molecule has 1 N–H and O–H groups in total. The van der Waals surface area contributed by atoms with Gasteiger partial charge in [0.1, 0.15) is 0 Å². The molecule has 2 atom stereocenters. The van der Waals surface area contributed by atoms with E-state index in [0.29, 0.717) is 6.04 Å². The highest BCUT2D eigenvalue weighted by Gasteiger charge is 2.41. The van der Waals surface area contributed by atoms with E-state index in [2.05, 4.69) is 67.3 Å². The van der Waals surface area contributed by atoms with Gasteiger partial charge >= 0.3 is 0 Å². The van der Waals surface area contributed by atoms with Gasteiger partial charge in [0.25, 0.3) is 0 Å². The largest absolute Gasteiger partial charge is 0.373 e. The molecule has 0 radical (unpaired) electrons. The normalized spacial score (nSPS) is 22.6. The Morgan fingerprint density at radius 2 is 2.07 bits per heavy atom. The number of guanidine groups is 1. The quantitative estimate of drug-likeness (QED) is 0.380. The standard InChI is InChI=1S/C21H28N4OS.HI/c1-22-21(23-9-7-18-8-12-27-16-18)25-14-19-20(15-25)26-11-10-24(19)13-17-5-3-2-4-6-17;/h2-6,8,12,16,19-20H,7,9-11,13-15H2,1H3,(H,22,23);1H. The number of rotatable bonds is 5. The summed E-state index contributed by atoms with van der Waals surface area (Å²) in [5.74, 6) is 0.989. The van der Waals surface area contributed by atoms with Gasteiger partial charge in [0.2, 0.25) is 0 Å². The second kappa shape index (κ2) is 10.6. The molecule has 2 saturated heterocycles. The number of aliphatic imine (C=N–C) groups is 1. The molecule has 7 heteroatoms. The molecule has 1 aromatic heterocycles. The summed E-state index contributed by atoms with van der Waals surface area (Å²) in [5, 5.41) is 7.88. The number of morpholine rings is 1. The lowest BCUT2D eigenvalue weighted by Crippen LogP contribution is -2.50. The highest BCUT2D eigenvalue weighted by atomic mass is 127. The minimum Gasteiger partial charge on any atom is -0.373 e. The number of halogens is 1. The minimum atomic E-state index is 0. The number of likely N-dealkylation sites (tertiary alicyclic amines) is 1. The van der Waals surface area contributed by atoms with Gasteiger partial charge in [0.05, 0.1) is 18.8 Å². The number of fused-ring (bicyclic) bond motifs is 1. The van der Waals surface area contributed by atoms with Crippen molar-refractivity contribution in [3.8, 4) is 0 Å². The summed E-state index contributed by atoms with van der Waals surface area (Å²) in [4.78, 5) is 9.44. The van der Waals surface area contributed by atoms with Gasteiger partial charge in [-0.05, 0) is 34.4 Å². The van der Waals surface area contributed by atoms with Crippen molar-refractivity contribution in [3.05, 3.63) is 58.3 Å². The molecule has 28 heavy (non-hydrogen) atoms. The highest BCUT2D eigenvalue weighted by molar-refractivity contribution is 14.0. The lowest BCUT2D eigenvalue weighted by atomic mass is 10.1. The Kier molecular flexibility index (Phi) is 8.13. The van der Waals surface area contributed by atoms with Crippen molar-refractivity contribution < 1.29 is 4.74 Å². The fourth-order valence-electron chi connectivity index (χ4n) is 4.03. The molecule has 2 aliphatic rings. The van der Waals surface area contributed by atoms with E-state index in [1.165, 1.54) is 11.1 Å². The minimum absolute atomic E-state index is 0. The van der Waals surface area contributed by atoms with Gasteiger partial charge in [-0.1, -0.05) is 30.3 Å². The molecule has 2 aliphatic heterocycles. The second-order valence-electron chi connectivity index (χ2n) is 7.19. The fraction of sp³-hybridized carbons (Fsp3) is 0.476. The molecule has 3 heterocycles. The van der Waals surface area contributed by atoms with Gasteiger partial charge in [-0.15, -0.1) is 24.0 Å². The van der Waals surface area contributed by atoms with Gasteiger partial charge in [-0.2, -0.15) is 11.3 Å². The van der Waals surface area contributed by atoms with E-state index in [4.69, 9.17) is 4.74 Å². The van der Waals surface area contributed by atoms with E-state index in [1.807, 2.05) is 7.05 Å². The zero-order chi connectivity index (χ0) is 18.5. The number of hydrogen-bond donors (Lipinski definition) is 1. The van der Waals surface area contributed by atoms with Crippen LogP contribution in [0.5, 0.6) is 0 Å². The molecular formula is C21H29IN4OS. The van der Waals surface area contributed by atoms with Crippen LogP contribution >= 0.6 is 35.3 Å². The van der Waals surface area contributed by atoms with Crippen molar-refractivity contribution in [1.82, 2.24) is 15.1 Å². The summed E-state index contributed by atoms with van der Waals surface area (Å²) in [6.45, 7) is 5.58. The Hall–Kier alpha value is -1.16. The zero-order valence-corrected chi connectivity index (χ0v) is 19.4. The molecule has 5 nitrogen and oxygen atoms in total. The van der Waals surface area contributed by atoms with Crippen LogP contribution in [0.1, 0.15) is 11.1 Å². The lowest BCUT2D eigenvalue weighted by Gasteiger charge is -2.36. The van der Waals surface area contributed by atoms with Crippen LogP contribution in [0.2, 0.25) is 0 Å². The van der Waals surface area contributed by atoms with E-state index < -0.39 is 0 Å². The summed E-state index contributed by atoms with van der Waals surface area (Å²) >= 11 is 1.75. The van der Waals surface area contributed by atoms with Crippen LogP contribution in [0.3, 0.4) is 0 Å². The lowest BCUT2D eigenvalue weighted by molar-refractivity contribution is -0.0502. The molecule has 2 fully saturated rings. The first-order chi connectivity index (χ1) is 13.3. The zero-order valence-electron chi connectivity index (χ0n) is 16.3. The first-order valence-corrected chi connectivity index (χ1v) is 10.6. The van der Waals surface area contributed by atoms with Crippen molar-refractivity contribution in [2.45, 2.75) is 25.1 Å². The van der Waals surface area contributed by atoms with Crippen molar-refractivity contribution >= 4 is 41.3 Å². The van der Waals surface area contributed by atoms with Crippen LogP contribution < -0.4 is 5.32 Å². The van der Waals surface area contributed by atoms with E-state index in [9.17, 15) is 0 Å². The smallest absolute Gasteiger partial charge is 0.193 e. The van der Waals surface area contributed by atoms with E-state index in [0.717, 1.165) is 51.7 Å². The van der Waals surface area contributed by atoms with Gasteiger partial charge in [0.15, 0.2) is 5.96 Å². The number of benzene rings is 1. The van der Waals surface area contributed by atoms with Gasteiger partial charge < -0.3 is 15.0 Å². The van der Waals surface area contributed by atoms with Crippen molar-refractivity contribution in [1.29, 1.82) is 0 Å². The number of nitrogens with one attached hydrogen (secondary N) is 1. The Morgan fingerprint density at radius 3 is 2.82 bits per heavy atom. The Morgan fingerprint density at radius 1 is 1.21 bits per heavy atom. The van der Waals surface area contributed by atoms with Crippen molar-refractivity contribution in [2.24, 2.45) is 4.99 Å². The van der Waals surface area contributed by atoms with Crippen LogP contribution in [-0.2, 0) is 17.7 Å². The van der Waals surface area contributed by atoms with E-state index in [1.54, 1.807) is 11.3 Å². The molecule has 152 valence electrons. The van der Waals surface area contributed by atoms with Crippen molar-refractivity contribution in [3.63, 3.8) is 0 Å². The molecule has 0 amide bonds. The molecule has 0 spiro atoms. The summed E-state index contributed by atoms with van der Waals surface area (Å²) < 4.78 is 6.09. The average Bonchev–Trinajstić information content (AvgIpc) is 3.36. The monoisotopic (exact) mass is 512 g/mol. The predicted molar refractivity (Wildman–Crippen MR) is 127 cm³/mol. The molecular weight excluding hydrogens is 483 g/mol. The summed E-state index contributed by atoms with van der Waals surface area (Å²) in [6, 6.07) is 13.4. The molecule has 2 aromatic rings. The molecule has 0 bridgehead atoms. The third-order valence-corrected chi connectivity index (χ3v) is 6.17. The van der Waals surface area contributed by atoms with Crippen molar-refractivity contribution in [2.75, 3.05) is 39.8 Å². The Bertz CT molecular complexity index is 740. The van der Waals surface area contributed by atoms with E-state index >= 15 is 0 Å². The van der Waals surface area contributed by atoms with Gasteiger partial charge in [-0.25, -0.2) is 0 Å². The van der Waals surface area contributed by atoms with Crippen LogP contribution in [0.25, 0.3) is 0 Å². The third-order valence-electron chi connectivity index (χ3n) is 5.43. The van der Waals surface area contributed by atoms with Crippen LogP contribution in [-0.4, -0.2) is 67.7 Å².